The van der Waals surface area contributed by atoms with Gasteiger partial charge in [-0.25, -0.2) is 4.68 Å². The summed E-state index contributed by atoms with van der Waals surface area (Å²) in [5.41, 5.74) is 1.94. The predicted octanol–water partition coefficient (Wildman–Crippen LogP) is 2.81. The summed E-state index contributed by atoms with van der Waals surface area (Å²) in [6.45, 7) is 1.95. The number of hydrogen-bond donors (Lipinski definition) is 2. The van der Waals surface area contributed by atoms with Gasteiger partial charge in [0.25, 0.3) is 5.91 Å². The highest BCUT2D eigenvalue weighted by Crippen LogP contribution is 2.30. The van der Waals surface area contributed by atoms with Crippen molar-refractivity contribution in [1.29, 1.82) is 0 Å². The fourth-order valence-corrected chi connectivity index (χ4v) is 3.97. The third-order valence-electron chi connectivity index (χ3n) is 5.89. The average Bonchev–Trinajstić information content (AvgIpc) is 3.36. The maximum Gasteiger partial charge on any atom is 0.251 e. The second kappa shape index (κ2) is 9.96. The Morgan fingerprint density at radius 3 is 2.59 bits per heavy atom. The highest BCUT2D eigenvalue weighted by molar-refractivity contribution is 5.94. The Kier molecular flexibility index (Phi) is 6.44. The Morgan fingerprint density at radius 2 is 1.79 bits per heavy atom. The molecule has 9 nitrogen and oxygen atoms in total. The van der Waals surface area contributed by atoms with Gasteiger partial charge in [0, 0.05) is 24.7 Å². The minimum atomic E-state index is -0.253. The molecule has 2 N–H and O–H groups in total. The lowest BCUT2D eigenvalue weighted by Crippen LogP contribution is -2.40. The number of para-hydroxylation sites is 2. The average molecular weight is 463 g/mol. The number of ether oxygens (including phenoxy) is 3. The van der Waals surface area contributed by atoms with E-state index in [-0.39, 0.29) is 23.8 Å². The van der Waals surface area contributed by atoms with E-state index < -0.39 is 0 Å². The molecule has 2 amide bonds. The van der Waals surface area contributed by atoms with Crippen LogP contribution in [0.1, 0.15) is 23.2 Å². The number of fused-ring (bicyclic) bond motifs is 1. The minimum absolute atomic E-state index is 0.00861. The first-order chi connectivity index (χ1) is 16.7. The van der Waals surface area contributed by atoms with Crippen LogP contribution in [0.3, 0.4) is 0 Å². The number of nitrogens with zero attached hydrogens (tertiary/aromatic N) is 2. The van der Waals surface area contributed by atoms with E-state index in [2.05, 4.69) is 15.7 Å². The third-order valence-corrected chi connectivity index (χ3v) is 5.89. The molecule has 3 aromatic rings. The zero-order chi connectivity index (χ0) is 23.3. The predicted molar refractivity (Wildman–Crippen MR) is 124 cm³/mol. The van der Waals surface area contributed by atoms with Crippen LogP contribution in [0.4, 0.5) is 5.69 Å². The molecule has 2 aliphatic heterocycles. The van der Waals surface area contributed by atoms with Crippen LogP contribution in [0, 0.1) is 5.92 Å². The Balaban J connectivity index is 1.14. The molecule has 3 heterocycles. The SMILES string of the molecule is O=C(NCC1COc2ccccc2O1)c1ccc(-n2cc(NC(=O)C3CCOCC3)cn2)cc1. The lowest BCUT2D eigenvalue weighted by atomic mass is 9.99. The van der Waals surface area contributed by atoms with Crippen LogP contribution in [0.25, 0.3) is 5.69 Å². The molecule has 1 fully saturated rings. The van der Waals surface area contributed by atoms with E-state index in [9.17, 15) is 9.59 Å². The number of carbonyl (C=O) groups excluding carboxylic acids is 2. The van der Waals surface area contributed by atoms with Crippen LogP contribution in [-0.2, 0) is 9.53 Å². The first kappa shape index (κ1) is 22.0. The number of rotatable bonds is 6. The molecule has 2 aliphatic rings. The van der Waals surface area contributed by atoms with Gasteiger partial charge in [0.2, 0.25) is 5.91 Å². The summed E-state index contributed by atoms with van der Waals surface area (Å²) >= 11 is 0. The topological polar surface area (TPSA) is 104 Å². The van der Waals surface area contributed by atoms with Crippen LogP contribution in [0.5, 0.6) is 11.5 Å². The van der Waals surface area contributed by atoms with Crippen molar-refractivity contribution < 1.29 is 23.8 Å². The molecule has 34 heavy (non-hydrogen) atoms. The van der Waals surface area contributed by atoms with Crippen molar-refractivity contribution >= 4 is 17.5 Å². The Morgan fingerprint density at radius 1 is 1.03 bits per heavy atom. The van der Waals surface area contributed by atoms with Crippen molar-refractivity contribution in [2.45, 2.75) is 18.9 Å². The van der Waals surface area contributed by atoms with Gasteiger partial charge in [0.1, 0.15) is 12.7 Å². The van der Waals surface area contributed by atoms with Crippen molar-refractivity contribution in [3.63, 3.8) is 0 Å². The molecular weight excluding hydrogens is 436 g/mol. The summed E-state index contributed by atoms with van der Waals surface area (Å²) in [6, 6.07) is 14.6. The molecule has 0 aliphatic carbocycles. The fourth-order valence-electron chi connectivity index (χ4n) is 3.97. The highest BCUT2D eigenvalue weighted by Gasteiger charge is 2.23. The standard InChI is InChI=1S/C25H26N4O5/c30-24(26-14-21-16-33-22-3-1-2-4-23(22)34-21)17-5-7-20(8-6-17)29-15-19(13-27-29)28-25(31)18-9-11-32-12-10-18/h1-8,13,15,18,21H,9-12,14,16H2,(H,26,30)(H,28,31). The molecule has 1 unspecified atom stereocenters. The van der Waals surface area contributed by atoms with E-state index in [4.69, 9.17) is 14.2 Å². The third kappa shape index (κ3) is 5.04. The van der Waals surface area contributed by atoms with Crippen LogP contribution in [0.15, 0.2) is 60.9 Å². The largest absolute Gasteiger partial charge is 0.486 e. The molecular formula is C25H26N4O5. The Bertz CT molecular complexity index is 1150. The van der Waals surface area contributed by atoms with Gasteiger partial charge in [0.15, 0.2) is 11.5 Å². The smallest absolute Gasteiger partial charge is 0.251 e. The van der Waals surface area contributed by atoms with Gasteiger partial charge in [-0.2, -0.15) is 5.10 Å². The van der Waals surface area contributed by atoms with Gasteiger partial charge >= 0.3 is 0 Å². The number of anilines is 1. The molecule has 1 aromatic heterocycles. The molecule has 0 radical (unpaired) electrons. The zero-order valence-corrected chi connectivity index (χ0v) is 18.6. The van der Waals surface area contributed by atoms with Gasteiger partial charge in [-0.1, -0.05) is 12.1 Å². The van der Waals surface area contributed by atoms with Crippen molar-refractivity contribution in [1.82, 2.24) is 15.1 Å². The van der Waals surface area contributed by atoms with E-state index >= 15 is 0 Å². The number of aromatic nitrogens is 2. The van der Waals surface area contributed by atoms with Crippen molar-refractivity contribution in [3.8, 4) is 17.2 Å². The van der Waals surface area contributed by atoms with Gasteiger partial charge in [-0.05, 0) is 49.2 Å². The zero-order valence-electron chi connectivity index (χ0n) is 18.6. The molecule has 1 saturated heterocycles. The van der Waals surface area contributed by atoms with E-state index in [0.717, 1.165) is 18.5 Å². The van der Waals surface area contributed by atoms with Crippen LogP contribution in [0.2, 0.25) is 0 Å². The fraction of sp³-hybridized carbons (Fsp3) is 0.320. The van der Waals surface area contributed by atoms with Crippen LogP contribution >= 0.6 is 0 Å². The summed E-state index contributed by atoms with van der Waals surface area (Å²) in [6.07, 6.45) is 4.58. The molecule has 0 bridgehead atoms. The van der Waals surface area contributed by atoms with Crippen LogP contribution < -0.4 is 20.1 Å². The summed E-state index contributed by atoms with van der Waals surface area (Å²) in [5.74, 6) is 1.16. The summed E-state index contributed by atoms with van der Waals surface area (Å²) in [5, 5.41) is 10.1. The molecule has 2 aromatic carbocycles. The quantitative estimate of drug-likeness (QED) is 0.584. The lowest BCUT2D eigenvalue weighted by Gasteiger charge is -2.26. The summed E-state index contributed by atoms with van der Waals surface area (Å²) < 4.78 is 18.5. The second-order valence-corrected chi connectivity index (χ2v) is 8.30. The second-order valence-electron chi connectivity index (χ2n) is 8.30. The number of hydrogen-bond acceptors (Lipinski definition) is 6. The van der Waals surface area contributed by atoms with Crippen molar-refractivity contribution in [2.24, 2.45) is 5.92 Å². The van der Waals surface area contributed by atoms with E-state index in [1.807, 2.05) is 36.4 Å². The first-order valence-corrected chi connectivity index (χ1v) is 11.4. The summed E-state index contributed by atoms with van der Waals surface area (Å²) in [7, 11) is 0. The number of benzene rings is 2. The first-order valence-electron chi connectivity index (χ1n) is 11.4. The maximum absolute atomic E-state index is 12.6. The van der Waals surface area contributed by atoms with Crippen molar-refractivity contribution in [3.05, 3.63) is 66.5 Å². The lowest BCUT2D eigenvalue weighted by molar-refractivity contribution is -0.122. The highest BCUT2D eigenvalue weighted by atomic mass is 16.6. The van der Waals surface area contributed by atoms with Gasteiger partial charge in [-0.15, -0.1) is 0 Å². The normalized spacial score (nSPS) is 17.7. The minimum Gasteiger partial charge on any atom is -0.486 e. The maximum atomic E-state index is 12.6. The molecule has 176 valence electrons. The Labute approximate surface area is 197 Å². The van der Waals surface area contributed by atoms with Gasteiger partial charge in [-0.3, -0.25) is 9.59 Å². The summed E-state index contributed by atoms with van der Waals surface area (Å²) in [4.78, 5) is 25.0. The van der Waals surface area contributed by atoms with E-state index in [0.29, 0.717) is 49.1 Å². The molecule has 0 spiro atoms. The number of nitrogens with one attached hydrogen (secondary N) is 2. The van der Waals surface area contributed by atoms with Gasteiger partial charge in [0.05, 0.1) is 30.3 Å². The molecule has 0 saturated carbocycles. The van der Waals surface area contributed by atoms with Crippen molar-refractivity contribution in [2.75, 3.05) is 31.7 Å². The molecule has 5 rings (SSSR count). The number of carbonyl (C=O) groups is 2. The monoisotopic (exact) mass is 462 g/mol. The molecule has 9 heteroatoms. The van der Waals surface area contributed by atoms with Gasteiger partial charge < -0.3 is 24.8 Å². The molecule has 1 atom stereocenters. The van der Waals surface area contributed by atoms with E-state index in [1.165, 1.54) is 0 Å². The number of amides is 2. The van der Waals surface area contributed by atoms with Crippen LogP contribution in [-0.4, -0.2) is 54.1 Å². The Hall–Kier alpha value is -3.85. The van der Waals surface area contributed by atoms with E-state index in [1.54, 1.807) is 29.2 Å².